The molecule has 1 heterocycles. The number of H-pyrrole nitrogens is 1. The smallest absolute Gasteiger partial charge is 0.312 e. The minimum absolute atomic E-state index is 0.175. The Labute approximate surface area is 82.4 Å². The number of ketones is 1. The zero-order chi connectivity index (χ0) is 10.6. The van der Waals surface area contributed by atoms with Crippen molar-refractivity contribution in [3.8, 4) is 0 Å². The summed E-state index contributed by atoms with van der Waals surface area (Å²) in [7, 11) is 0. The van der Waals surface area contributed by atoms with Crippen LogP contribution >= 0.6 is 0 Å². The summed E-state index contributed by atoms with van der Waals surface area (Å²) in [6.07, 6.45) is 3.89. The van der Waals surface area contributed by atoms with Crippen LogP contribution < -0.4 is 5.69 Å². The number of hydrogen-bond acceptors (Lipinski definition) is 3. The normalized spacial score (nSPS) is 10.5. The predicted octanol–water partition coefficient (Wildman–Crippen LogP) is 0.928. The quantitative estimate of drug-likeness (QED) is 0.775. The van der Waals surface area contributed by atoms with E-state index in [4.69, 9.17) is 0 Å². The van der Waals surface area contributed by atoms with Crippen LogP contribution in [0.1, 0.15) is 25.8 Å². The standard InChI is InChI=1S/C10H14N2O2/c1-7(2)3-9(13)4-8-5-11-10(14)12-6-8/h5-7H,3-4H2,1-2H3,(H,11,12,14). The van der Waals surface area contributed by atoms with Crippen molar-refractivity contribution in [1.82, 2.24) is 9.97 Å². The number of rotatable bonds is 4. The van der Waals surface area contributed by atoms with Crippen LogP contribution in [0.4, 0.5) is 0 Å². The molecule has 1 aromatic heterocycles. The molecule has 1 N–H and O–H groups in total. The van der Waals surface area contributed by atoms with Gasteiger partial charge in [0, 0.05) is 25.2 Å². The SMILES string of the molecule is CC(C)CC(=O)Cc1cnc(=O)[nH]c1. The zero-order valence-electron chi connectivity index (χ0n) is 8.41. The maximum Gasteiger partial charge on any atom is 0.344 e. The van der Waals surface area contributed by atoms with E-state index in [2.05, 4.69) is 9.97 Å². The van der Waals surface area contributed by atoms with Gasteiger partial charge in [-0.3, -0.25) is 4.79 Å². The molecule has 0 saturated carbocycles. The number of carbonyl (C=O) groups is 1. The van der Waals surface area contributed by atoms with Crippen molar-refractivity contribution in [1.29, 1.82) is 0 Å². The van der Waals surface area contributed by atoms with Crippen LogP contribution in [0.15, 0.2) is 17.2 Å². The molecule has 14 heavy (non-hydrogen) atoms. The number of hydrogen-bond donors (Lipinski definition) is 1. The van der Waals surface area contributed by atoms with Gasteiger partial charge >= 0.3 is 5.69 Å². The molecule has 4 heteroatoms. The van der Waals surface area contributed by atoms with E-state index in [0.29, 0.717) is 18.8 Å². The minimum atomic E-state index is -0.384. The third-order valence-electron chi connectivity index (χ3n) is 1.77. The number of Topliss-reactive ketones (excluding diaryl/α,β-unsaturated/α-hetero) is 1. The third kappa shape index (κ3) is 3.51. The van der Waals surface area contributed by atoms with Crippen molar-refractivity contribution in [2.45, 2.75) is 26.7 Å². The molecule has 1 rings (SSSR count). The van der Waals surface area contributed by atoms with Crippen molar-refractivity contribution in [3.05, 3.63) is 28.4 Å². The fourth-order valence-electron chi connectivity index (χ4n) is 1.22. The van der Waals surface area contributed by atoms with Crippen molar-refractivity contribution in [3.63, 3.8) is 0 Å². The Balaban J connectivity index is 2.56. The number of nitrogens with zero attached hydrogens (tertiary/aromatic N) is 1. The molecular formula is C10H14N2O2. The van der Waals surface area contributed by atoms with Crippen LogP contribution in [0.3, 0.4) is 0 Å². The molecular weight excluding hydrogens is 180 g/mol. The van der Waals surface area contributed by atoms with Crippen LogP contribution in [0, 0.1) is 5.92 Å². The Morgan fingerprint density at radius 2 is 2.29 bits per heavy atom. The fraction of sp³-hybridized carbons (Fsp3) is 0.500. The maximum absolute atomic E-state index is 11.4. The van der Waals surface area contributed by atoms with Gasteiger partial charge in [0.15, 0.2) is 0 Å². The van der Waals surface area contributed by atoms with Crippen LogP contribution in [0.25, 0.3) is 0 Å². The number of nitrogens with one attached hydrogen (secondary N) is 1. The van der Waals surface area contributed by atoms with E-state index in [9.17, 15) is 9.59 Å². The lowest BCUT2D eigenvalue weighted by Crippen LogP contribution is -2.12. The van der Waals surface area contributed by atoms with Gasteiger partial charge in [-0.25, -0.2) is 9.78 Å². The summed E-state index contributed by atoms with van der Waals surface area (Å²) in [5.41, 5.74) is 0.375. The van der Waals surface area contributed by atoms with E-state index in [1.807, 2.05) is 13.8 Å². The second-order valence-electron chi connectivity index (χ2n) is 3.74. The first kappa shape index (κ1) is 10.6. The van der Waals surface area contributed by atoms with Gasteiger partial charge in [-0.2, -0.15) is 0 Å². The highest BCUT2D eigenvalue weighted by Gasteiger charge is 2.06. The first-order chi connectivity index (χ1) is 6.58. The Morgan fingerprint density at radius 3 is 2.79 bits per heavy atom. The van der Waals surface area contributed by atoms with Gasteiger partial charge < -0.3 is 4.98 Å². The average molecular weight is 194 g/mol. The molecule has 0 aromatic carbocycles. The summed E-state index contributed by atoms with van der Waals surface area (Å²) in [6.45, 7) is 4.01. The highest BCUT2D eigenvalue weighted by molar-refractivity contribution is 5.80. The summed E-state index contributed by atoms with van der Waals surface area (Å²) < 4.78 is 0. The van der Waals surface area contributed by atoms with Gasteiger partial charge in [-0.05, 0) is 11.5 Å². The van der Waals surface area contributed by atoms with E-state index >= 15 is 0 Å². The van der Waals surface area contributed by atoms with E-state index in [-0.39, 0.29) is 11.5 Å². The van der Waals surface area contributed by atoms with Gasteiger partial charge in [-0.1, -0.05) is 13.8 Å². The summed E-state index contributed by atoms with van der Waals surface area (Å²) in [6, 6.07) is 0. The molecule has 0 aliphatic carbocycles. The molecule has 4 nitrogen and oxygen atoms in total. The molecule has 1 aromatic rings. The topological polar surface area (TPSA) is 62.8 Å². The van der Waals surface area contributed by atoms with Crippen LogP contribution in [0.2, 0.25) is 0 Å². The number of aromatic amines is 1. The van der Waals surface area contributed by atoms with E-state index in [1.165, 1.54) is 12.4 Å². The molecule has 0 atom stereocenters. The van der Waals surface area contributed by atoms with Gasteiger partial charge in [0.1, 0.15) is 5.78 Å². The highest BCUT2D eigenvalue weighted by Crippen LogP contribution is 2.04. The highest BCUT2D eigenvalue weighted by atomic mass is 16.1. The second kappa shape index (κ2) is 4.69. The molecule has 0 unspecified atom stereocenters. The summed E-state index contributed by atoms with van der Waals surface area (Å²) >= 11 is 0. The van der Waals surface area contributed by atoms with Crippen LogP contribution in [-0.2, 0) is 11.2 Å². The fourth-order valence-corrected chi connectivity index (χ4v) is 1.22. The largest absolute Gasteiger partial charge is 0.344 e. The van der Waals surface area contributed by atoms with Crippen molar-refractivity contribution in [2.24, 2.45) is 5.92 Å². The second-order valence-corrected chi connectivity index (χ2v) is 3.74. The van der Waals surface area contributed by atoms with Crippen LogP contribution in [-0.4, -0.2) is 15.8 Å². The maximum atomic E-state index is 11.4. The number of aromatic nitrogens is 2. The first-order valence-electron chi connectivity index (χ1n) is 4.63. The van der Waals surface area contributed by atoms with E-state index < -0.39 is 0 Å². The molecule has 0 aliphatic rings. The Morgan fingerprint density at radius 1 is 1.57 bits per heavy atom. The zero-order valence-corrected chi connectivity index (χ0v) is 8.41. The molecule has 0 fully saturated rings. The molecule has 0 aliphatic heterocycles. The lowest BCUT2D eigenvalue weighted by Gasteiger charge is -2.02. The molecule has 0 radical (unpaired) electrons. The summed E-state index contributed by atoms with van der Waals surface area (Å²) in [4.78, 5) is 28.0. The summed E-state index contributed by atoms with van der Waals surface area (Å²) in [5, 5.41) is 0. The Hall–Kier alpha value is -1.45. The minimum Gasteiger partial charge on any atom is -0.312 e. The van der Waals surface area contributed by atoms with Crippen molar-refractivity contribution in [2.75, 3.05) is 0 Å². The predicted molar refractivity (Wildman–Crippen MR) is 53.0 cm³/mol. The van der Waals surface area contributed by atoms with Crippen LogP contribution in [0.5, 0.6) is 0 Å². The van der Waals surface area contributed by atoms with Gasteiger partial charge in [0.25, 0.3) is 0 Å². The van der Waals surface area contributed by atoms with Crippen molar-refractivity contribution >= 4 is 5.78 Å². The molecule has 76 valence electrons. The van der Waals surface area contributed by atoms with Gasteiger partial charge in [-0.15, -0.1) is 0 Å². The van der Waals surface area contributed by atoms with E-state index in [1.54, 1.807) is 0 Å². The number of carbonyl (C=O) groups excluding carboxylic acids is 1. The lowest BCUT2D eigenvalue weighted by atomic mass is 10.0. The lowest BCUT2D eigenvalue weighted by molar-refractivity contribution is -0.119. The molecule has 0 spiro atoms. The van der Waals surface area contributed by atoms with Gasteiger partial charge in [0.2, 0.25) is 0 Å². The van der Waals surface area contributed by atoms with Gasteiger partial charge in [0.05, 0.1) is 0 Å². The Kier molecular flexibility index (Phi) is 3.56. The average Bonchev–Trinajstić information content (AvgIpc) is 2.07. The molecule has 0 amide bonds. The summed E-state index contributed by atoms with van der Waals surface area (Å²) in [5.74, 6) is 0.548. The molecule has 0 saturated heterocycles. The Bertz CT molecular complexity index is 348. The molecule has 0 bridgehead atoms. The van der Waals surface area contributed by atoms with Crippen molar-refractivity contribution < 1.29 is 4.79 Å². The third-order valence-corrected chi connectivity index (χ3v) is 1.77. The first-order valence-corrected chi connectivity index (χ1v) is 4.63. The van der Waals surface area contributed by atoms with E-state index in [0.717, 1.165) is 5.56 Å². The monoisotopic (exact) mass is 194 g/mol.